The second-order valence-corrected chi connectivity index (χ2v) is 7.71. The van der Waals surface area contributed by atoms with Gasteiger partial charge in [0.2, 0.25) is 6.79 Å². The monoisotopic (exact) mass is 431 g/mol. The van der Waals surface area contributed by atoms with E-state index in [-0.39, 0.29) is 25.1 Å². The van der Waals surface area contributed by atoms with E-state index in [0.717, 1.165) is 28.1 Å². The smallest absolute Gasteiger partial charge is 0.252 e. The molecule has 2 heterocycles. The van der Waals surface area contributed by atoms with Gasteiger partial charge in [-0.25, -0.2) is 4.98 Å². The van der Waals surface area contributed by atoms with Crippen molar-refractivity contribution >= 4 is 51.1 Å². The van der Waals surface area contributed by atoms with Gasteiger partial charge >= 0.3 is 0 Å². The molecule has 0 unspecified atom stereocenters. The highest BCUT2D eigenvalue weighted by molar-refractivity contribution is 7.22. The SMILES string of the molecule is CN(C)CCN(C(=O)C=Cc1ccc2c(c1)OCO2)c1nc2ccccc2s1.Cl. The number of anilines is 1. The molecule has 8 heteroatoms. The molecule has 0 N–H and O–H groups in total. The Hall–Kier alpha value is -2.61. The summed E-state index contributed by atoms with van der Waals surface area (Å²) in [5.41, 5.74) is 1.79. The Balaban J connectivity index is 0.00000240. The van der Waals surface area contributed by atoms with E-state index in [9.17, 15) is 4.79 Å². The third-order valence-corrected chi connectivity index (χ3v) is 5.42. The van der Waals surface area contributed by atoms with E-state index in [4.69, 9.17) is 9.47 Å². The molecule has 0 radical (unpaired) electrons. The van der Waals surface area contributed by atoms with Crippen molar-refractivity contribution < 1.29 is 14.3 Å². The van der Waals surface area contributed by atoms with E-state index in [1.54, 1.807) is 17.1 Å². The van der Waals surface area contributed by atoms with E-state index in [1.807, 2.05) is 56.6 Å². The first-order valence-corrected chi connectivity index (χ1v) is 9.81. The summed E-state index contributed by atoms with van der Waals surface area (Å²) in [5.74, 6) is 1.33. The maximum atomic E-state index is 13.0. The molecule has 1 aliphatic heterocycles. The fourth-order valence-electron chi connectivity index (χ4n) is 2.85. The van der Waals surface area contributed by atoms with E-state index in [0.29, 0.717) is 17.4 Å². The molecular weight excluding hydrogens is 410 g/mol. The van der Waals surface area contributed by atoms with Gasteiger partial charge in [-0.15, -0.1) is 12.4 Å². The van der Waals surface area contributed by atoms with E-state index in [2.05, 4.69) is 9.88 Å². The fourth-order valence-corrected chi connectivity index (χ4v) is 3.85. The number of rotatable bonds is 6. The molecule has 29 heavy (non-hydrogen) atoms. The fraction of sp³-hybridized carbons (Fsp3) is 0.238. The molecular formula is C21H22ClN3O3S. The lowest BCUT2D eigenvalue weighted by Crippen LogP contribution is -2.35. The quantitative estimate of drug-likeness (QED) is 0.551. The predicted octanol–water partition coefficient (Wildman–Crippen LogP) is 4.05. The molecule has 3 aromatic rings. The summed E-state index contributed by atoms with van der Waals surface area (Å²) in [6.45, 7) is 1.55. The number of carbonyl (C=O) groups is 1. The third kappa shape index (κ3) is 4.87. The van der Waals surface area contributed by atoms with Crippen LogP contribution in [0.5, 0.6) is 11.5 Å². The van der Waals surface area contributed by atoms with Crippen molar-refractivity contribution in [3.8, 4) is 11.5 Å². The van der Waals surface area contributed by atoms with Crippen LogP contribution in [0.3, 0.4) is 0 Å². The van der Waals surface area contributed by atoms with Crippen molar-refractivity contribution in [2.45, 2.75) is 0 Å². The molecule has 1 aliphatic rings. The number of fused-ring (bicyclic) bond motifs is 2. The van der Waals surface area contributed by atoms with Gasteiger partial charge in [-0.1, -0.05) is 29.5 Å². The standard InChI is InChI=1S/C21H21N3O3S.ClH/c1-23(2)11-12-24(21-22-16-5-3-4-6-19(16)28-21)20(25)10-8-15-7-9-17-18(13-15)27-14-26-17;/h3-10,13H,11-12,14H2,1-2H3;1H. The Morgan fingerprint density at radius 2 is 1.93 bits per heavy atom. The molecule has 6 nitrogen and oxygen atoms in total. The lowest BCUT2D eigenvalue weighted by molar-refractivity contribution is -0.114. The van der Waals surface area contributed by atoms with Crippen LogP contribution >= 0.6 is 23.7 Å². The van der Waals surface area contributed by atoms with E-state index in [1.165, 1.54) is 11.3 Å². The van der Waals surface area contributed by atoms with Crippen molar-refractivity contribution in [2.75, 3.05) is 38.9 Å². The highest BCUT2D eigenvalue weighted by atomic mass is 35.5. The van der Waals surface area contributed by atoms with Crippen molar-refractivity contribution in [1.29, 1.82) is 0 Å². The minimum Gasteiger partial charge on any atom is -0.454 e. The number of benzene rings is 2. The summed E-state index contributed by atoms with van der Waals surface area (Å²) in [7, 11) is 3.98. The van der Waals surface area contributed by atoms with Gasteiger partial charge in [0.15, 0.2) is 16.6 Å². The molecule has 0 fully saturated rings. The van der Waals surface area contributed by atoms with Crippen molar-refractivity contribution in [1.82, 2.24) is 9.88 Å². The van der Waals surface area contributed by atoms with Gasteiger partial charge in [-0.3, -0.25) is 9.69 Å². The van der Waals surface area contributed by atoms with Crippen LogP contribution in [-0.2, 0) is 4.79 Å². The third-order valence-electron chi connectivity index (χ3n) is 4.37. The van der Waals surface area contributed by atoms with Crippen LogP contribution in [0.25, 0.3) is 16.3 Å². The number of hydrogen-bond donors (Lipinski definition) is 0. The number of para-hydroxylation sites is 1. The second-order valence-electron chi connectivity index (χ2n) is 6.70. The summed E-state index contributed by atoms with van der Waals surface area (Å²) >= 11 is 1.53. The van der Waals surface area contributed by atoms with Crippen molar-refractivity contribution in [3.05, 3.63) is 54.1 Å². The largest absolute Gasteiger partial charge is 0.454 e. The molecule has 2 aromatic carbocycles. The Bertz CT molecular complexity index is 1000. The first-order chi connectivity index (χ1) is 13.6. The van der Waals surface area contributed by atoms with Gasteiger partial charge < -0.3 is 14.4 Å². The molecule has 0 bridgehead atoms. The molecule has 0 saturated heterocycles. The number of ether oxygens (including phenoxy) is 2. The van der Waals surface area contributed by atoms with Crippen LogP contribution < -0.4 is 14.4 Å². The van der Waals surface area contributed by atoms with Crippen molar-refractivity contribution in [3.63, 3.8) is 0 Å². The molecule has 0 aliphatic carbocycles. The second kappa shape index (κ2) is 9.26. The van der Waals surface area contributed by atoms with Gasteiger partial charge in [0.1, 0.15) is 0 Å². The lowest BCUT2D eigenvalue weighted by atomic mass is 10.2. The van der Waals surface area contributed by atoms with Crippen LogP contribution in [0, 0.1) is 0 Å². The maximum absolute atomic E-state index is 13.0. The van der Waals surface area contributed by atoms with E-state index >= 15 is 0 Å². The van der Waals surface area contributed by atoms with Crippen LogP contribution in [0.15, 0.2) is 48.5 Å². The summed E-state index contributed by atoms with van der Waals surface area (Å²) in [4.78, 5) is 21.4. The topological polar surface area (TPSA) is 54.9 Å². The maximum Gasteiger partial charge on any atom is 0.252 e. The first kappa shape index (κ1) is 21.1. The minimum atomic E-state index is -0.0985. The average Bonchev–Trinajstić information content (AvgIpc) is 3.32. The van der Waals surface area contributed by atoms with Gasteiger partial charge in [-0.05, 0) is 50.0 Å². The zero-order valence-electron chi connectivity index (χ0n) is 16.2. The molecule has 152 valence electrons. The Morgan fingerprint density at radius 1 is 1.14 bits per heavy atom. The van der Waals surface area contributed by atoms with Crippen LogP contribution in [0.1, 0.15) is 5.56 Å². The highest BCUT2D eigenvalue weighted by Gasteiger charge is 2.18. The number of aromatic nitrogens is 1. The summed E-state index contributed by atoms with van der Waals surface area (Å²) in [5, 5.41) is 0.711. The lowest BCUT2D eigenvalue weighted by Gasteiger charge is -2.20. The normalized spacial score (nSPS) is 12.5. The highest BCUT2D eigenvalue weighted by Crippen LogP contribution is 2.33. The van der Waals surface area contributed by atoms with Crippen LogP contribution in [-0.4, -0.2) is 49.8 Å². The number of amides is 1. The Morgan fingerprint density at radius 3 is 2.72 bits per heavy atom. The molecule has 1 aromatic heterocycles. The number of nitrogens with zero attached hydrogens (tertiary/aromatic N) is 3. The average molecular weight is 432 g/mol. The zero-order chi connectivity index (χ0) is 19.5. The molecule has 4 rings (SSSR count). The number of likely N-dealkylation sites (N-methyl/N-ethyl adjacent to an activating group) is 1. The summed E-state index contributed by atoms with van der Waals surface area (Å²) in [6.07, 6.45) is 3.37. The number of hydrogen-bond acceptors (Lipinski definition) is 6. The molecule has 0 spiro atoms. The van der Waals surface area contributed by atoms with Crippen molar-refractivity contribution in [2.24, 2.45) is 0 Å². The van der Waals surface area contributed by atoms with Crippen LogP contribution in [0.2, 0.25) is 0 Å². The minimum absolute atomic E-state index is 0. The number of halogens is 1. The molecule has 0 atom stereocenters. The first-order valence-electron chi connectivity index (χ1n) is 9.00. The molecule has 0 saturated carbocycles. The Labute approximate surface area is 179 Å². The van der Waals surface area contributed by atoms with Gasteiger partial charge in [0, 0.05) is 19.2 Å². The number of carbonyl (C=O) groups excluding carboxylic acids is 1. The van der Waals surface area contributed by atoms with Gasteiger partial charge in [0.25, 0.3) is 5.91 Å². The van der Waals surface area contributed by atoms with Gasteiger partial charge in [0.05, 0.1) is 10.2 Å². The molecule has 1 amide bonds. The van der Waals surface area contributed by atoms with Crippen LogP contribution in [0.4, 0.5) is 5.13 Å². The summed E-state index contributed by atoms with van der Waals surface area (Å²) < 4.78 is 11.8. The van der Waals surface area contributed by atoms with E-state index < -0.39 is 0 Å². The number of thiazole rings is 1. The predicted molar refractivity (Wildman–Crippen MR) is 119 cm³/mol. The van der Waals surface area contributed by atoms with Gasteiger partial charge in [-0.2, -0.15) is 0 Å². The summed E-state index contributed by atoms with van der Waals surface area (Å²) in [6, 6.07) is 13.5. The Kier molecular flexibility index (Phi) is 6.74. The zero-order valence-corrected chi connectivity index (χ0v) is 17.8.